The molecule has 1 aromatic rings. The first-order chi connectivity index (χ1) is 7.45. The van der Waals surface area contributed by atoms with Crippen LogP contribution in [0.2, 0.25) is 0 Å². The Morgan fingerprint density at radius 1 is 1.12 bits per heavy atom. The van der Waals surface area contributed by atoms with Crippen molar-refractivity contribution in [1.82, 2.24) is 4.90 Å². The molecule has 0 aliphatic rings. The molecule has 1 aromatic carbocycles. The Morgan fingerprint density at radius 3 is 2.25 bits per heavy atom. The summed E-state index contributed by atoms with van der Waals surface area (Å²) >= 11 is 0. The third-order valence-corrected chi connectivity index (χ3v) is 3.47. The Morgan fingerprint density at radius 2 is 1.69 bits per heavy atom. The maximum absolute atomic E-state index is 5.68. The van der Waals surface area contributed by atoms with Crippen LogP contribution in [0.4, 0.5) is 0 Å². The minimum atomic E-state index is 0.431. The van der Waals surface area contributed by atoms with Gasteiger partial charge in [0.25, 0.3) is 0 Å². The van der Waals surface area contributed by atoms with E-state index in [4.69, 9.17) is 5.73 Å². The fourth-order valence-corrected chi connectivity index (χ4v) is 1.80. The van der Waals surface area contributed by atoms with Gasteiger partial charge in [0.05, 0.1) is 0 Å². The minimum Gasteiger partial charge on any atom is -0.329 e. The van der Waals surface area contributed by atoms with Crippen LogP contribution in [0.5, 0.6) is 0 Å². The fraction of sp³-hybridized carbons (Fsp3) is 0.571. The molecular formula is C14H24N2. The van der Waals surface area contributed by atoms with Crippen molar-refractivity contribution < 1.29 is 0 Å². The van der Waals surface area contributed by atoms with E-state index in [2.05, 4.69) is 51.8 Å². The summed E-state index contributed by atoms with van der Waals surface area (Å²) in [6, 6.07) is 5.00. The molecule has 0 saturated carbocycles. The Kier molecular flexibility index (Phi) is 4.51. The smallest absolute Gasteiger partial charge is 0.0236 e. The van der Waals surface area contributed by atoms with Crippen LogP contribution < -0.4 is 5.73 Å². The van der Waals surface area contributed by atoms with E-state index in [0.717, 1.165) is 6.54 Å². The van der Waals surface area contributed by atoms with Crippen molar-refractivity contribution in [1.29, 1.82) is 0 Å². The fourth-order valence-electron chi connectivity index (χ4n) is 1.80. The van der Waals surface area contributed by atoms with Crippen LogP contribution in [0.15, 0.2) is 12.1 Å². The minimum absolute atomic E-state index is 0.431. The summed E-state index contributed by atoms with van der Waals surface area (Å²) in [6.07, 6.45) is 0. The zero-order chi connectivity index (χ0) is 12.3. The maximum Gasteiger partial charge on any atom is 0.0236 e. The van der Waals surface area contributed by atoms with Gasteiger partial charge in [-0.15, -0.1) is 0 Å². The average molecular weight is 220 g/mol. The number of hydrogen-bond acceptors (Lipinski definition) is 2. The van der Waals surface area contributed by atoms with E-state index < -0.39 is 0 Å². The van der Waals surface area contributed by atoms with Crippen molar-refractivity contribution >= 4 is 0 Å². The summed E-state index contributed by atoms with van der Waals surface area (Å²) in [5.74, 6) is 0. The SMILES string of the molecule is Cc1cc(C)c(CN(C)C(C)CN)cc1C. The zero-order valence-corrected chi connectivity index (χ0v) is 11.2. The van der Waals surface area contributed by atoms with E-state index in [1.165, 1.54) is 22.3 Å². The molecule has 0 radical (unpaired) electrons. The highest BCUT2D eigenvalue weighted by Crippen LogP contribution is 2.17. The van der Waals surface area contributed by atoms with Crippen molar-refractivity contribution in [2.45, 2.75) is 40.3 Å². The van der Waals surface area contributed by atoms with Crippen LogP contribution in [0.3, 0.4) is 0 Å². The van der Waals surface area contributed by atoms with Gasteiger partial charge in [0.15, 0.2) is 0 Å². The number of likely N-dealkylation sites (N-methyl/N-ethyl adjacent to an activating group) is 1. The van der Waals surface area contributed by atoms with Gasteiger partial charge >= 0.3 is 0 Å². The number of nitrogens with two attached hydrogens (primary N) is 1. The number of benzene rings is 1. The lowest BCUT2D eigenvalue weighted by atomic mass is 10.0. The number of rotatable bonds is 4. The van der Waals surface area contributed by atoms with Crippen LogP contribution in [0.25, 0.3) is 0 Å². The average Bonchev–Trinajstić information content (AvgIpc) is 2.24. The van der Waals surface area contributed by atoms with Crippen molar-refractivity contribution in [3.63, 3.8) is 0 Å². The molecule has 0 bridgehead atoms. The molecular weight excluding hydrogens is 196 g/mol. The molecule has 0 aliphatic heterocycles. The molecule has 0 amide bonds. The van der Waals surface area contributed by atoms with Crippen molar-refractivity contribution in [2.75, 3.05) is 13.6 Å². The van der Waals surface area contributed by atoms with E-state index in [0.29, 0.717) is 12.6 Å². The third kappa shape index (κ3) is 3.06. The van der Waals surface area contributed by atoms with Crippen molar-refractivity contribution in [2.24, 2.45) is 5.73 Å². The van der Waals surface area contributed by atoms with Gasteiger partial charge in [-0.05, 0) is 57.0 Å². The lowest BCUT2D eigenvalue weighted by molar-refractivity contribution is 0.254. The van der Waals surface area contributed by atoms with Crippen LogP contribution in [0, 0.1) is 20.8 Å². The molecule has 90 valence electrons. The molecule has 0 aliphatic carbocycles. The predicted molar refractivity (Wildman–Crippen MR) is 70.6 cm³/mol. The first-order valence-corrected chi connectivity index (χ1v) is 5.92. The van der Waals surface area contributed by atoms with Gasteiger partial charge in [-0.3, -0.25) is 4.90 Å². The molecule has 0 heterocycles. The van der Waals surface area contributed by atoms with Gasteiger partial charge in [0.1, 0.15) is 0 Å². The summed E-state index contributed by atoms with van der Waals surface area (Å²) in [4.78, 5) is 2.30. The van der Waals surface area contributed by atoms with Gasteiger partial charge in [-0.2, -0.15) is 0 Å². The van der Waals surface area contributed by atoms with Gasteiger partial charge in [-0.25, -0.2) is 0 Å². The lowest BCUT2D eigenvalue weighted by Crippen LogP contribution is -2.34. The van der Waals surface area contributed by atoms with E-state index >= 15 is 0 Å². The van der Waals surface area contributed by atoms with Crippen LogP contribution in [-0.2, 0) is 6.54 Å². The molecule has 0 spiro atoms. The number of nitrogens with zero attached hydrogens (tertiary/aromatic N) is 1. The predicted octanol–water partition coefficient (Wildman–Crippen LogP) is 2.39. The summed E-state index contributed by atoms with van der Waals surface area (Å²) in [5.41, 5.74) is 11.2. The first-order valence-electron chi connectivity index (χ1n) is 5.92. The van der Waals surface area contributed by atoms with Crippen LogP contribution in [0.1, 0.15) is 29.2 Å². The summed E-state index contributed by atoms with van der Waals surface area (Å²) in [5, 5.41) is 0. The molecule has 1 atom stereocenters. The summed E-state index contributed by atoms with van der Waals surface area (Å²) < 4.78 is 0. The standard InChI is InChI=1S/C14H24N2/c1-10-6-12(3)14(7-11(10)2)9-16(5)13(4)8-15/h6-7,13H,8-9,15H2,1-5H3. The second-order valence-electron chi connectivity index (χ2n) is 4.86. The molecule has 2 heteroatoms. The second-order valence-corrected chi connectivity index (χ2v) is 4.86. The van der Waals surface area contributed by atoms with E-state index in [9.17, 15) is 0 Å². The quantitative estimate of drug-likeness (QED) is 0.844. The highest BCUT2D eigenvalue weighted by Gasteiger charge is 2.09. The highest BCUT2D eigenvalue weighted by molar-refractivity contribution is 5.36. The molecule has 1 rings (SSSR count). The highest BCUT2D eigenvalue weighted by atomic mass is 15.1. The summed E-state index contributed by atoms with van der Waals surface area (Å²) in [7, 11) is 2.13. The molecule has 1 unspecified atom stereocenters. The molecule has 0 aromatic heterocycles. The van der Waals surface area contributed by atoms with Gasteiger partial charge in [0.2, 0.25) is 0 Å². The molecule has 0 fully saturated rings. The Balaban J connectivity index is 2.85. The second kappa shape index (κ2) is 5.46. The molecule has 2 N–H and O–H groups in total. The maximum atomic E-state index is 5.68. The Labute approximate surface area is 99.5 Å². The number of aryl methyl sites for hydroxylation is 3. The largest absolute Gasteiger partial charge is 0.329 e. The van der Waals surface area contributed by atoms with Gasteiger partial charge in [-0.1, -0.05) is 12.1 Å². The topological polar surface area (TPSA) is 29.3 Å². The molecule has 16 heavy (non-hydrogen) atoms. The lowest BCUT2D eigenvalue weighted by Gasteiger charge is -2.24. The van der Waals surface area contributed by atoms with Crippen molar-refractivity contribution in [3.05, 3.63) is 34.4 Å². The zero-order valence-electron chi connectivity index (χ0n) is 11.2. The van der Waals surface area contributed by atoms with E-state index in [1.807, 2.05) is 0 Å². The molecule has 2 nitrogen and oxygen atoms in total. The number of hydrogen-bond donors (Lipinski definition) is 1. The van der Waals surface area contributed by atoms with Crippen LogP contribution in [-0.4, -0.2) is 24.5 Å². The Hall–Kier alpha value is -0.860. The van der Waals surface area contributed by atoms with Gasteiger partial charge < -0.3 is 5.73 Å². The molecule has 0 saturated heterocycles. The monoisotopic (exact) mass is 220 g/mol. The normalized spacial score (nSPS) is 13.2. The third-order valence-electron chi connectivity index (χ3n) is 3.47. The summed E-state index contributed by atoms with van der Waals surface area (Å²) in [6.45, 7) is 10.4. The van der Waals surface area contributed by atoms with E-state index in [1.54, 1.807) is 0 Å². The van der Waals surface area contributed by atoms with Gasteiger partial charge in [0, 0.05) is 19.1 Å². The van der Waals surface area contributed by atoms with Crippen LogP contribution >= 0.6 is 0 Å². The van der Waals surface area contributed by atoms with Crippen molar-refractivity contribution in [3.8, 4) is 0 Å². The Bertz CT molecular complexity index is 358. The first kappa shape index (κ1) is 13.2. The van der Waals surface area contributed by atoms with E-state index in [-0.39, 0.29) is 0 Å².